The Morgan fingerprint density at radius 3 is 2.41 bits per heavy atom. The molecule has 1 unspecified atom stereocenters. The molecule has 0 bridgehead atoms. The molecule has 156 valence electrons. The van der Waals surface area contributed by atoms with E-state index in [9.17, 15) is 17.6 Å². The lowest BCUT2D eigenvalue weighted by molar-refractivity contribution is -0.885. The number of carbonyl (C=O) groups excluding carboxylic acids is 1. The number of hydrogen-bond acceptors (Lipinski definition) is 3. The molecule has 2 aromatic rings. The maximum Gasteiger partial charge on any atom is 0.277 e. The summed E-state index contributed by atoms with van der Waals surface area (Å²) >= 11 is 0. The van der Waals surface area contributed by atoms with Crippen LogP contribution in [-0.4, -0.2) is 63.3 Å². The van der Waals surface area contributed by atoms with Crippen LogP contribution in [0.3, 0.4) is 0 Å². The van der Waals surface area contributed by atoms with Crippen molar-refractivity contribution >= 4 is 15.9 Å². The first-order valence-corrected chi connectivity index (χ1v) is 11.1. The minimum atomic E-state index is -3.75. The van der Waals surface area contributed by atoms with E-state index in [0.29, 0.717) is 19.6 Å². The van der Waals surface area contributed by atoms with Crippen molar-refractivity contribution < 1.29 is 22.5 Å². The molecular formula is C21H27FN3O3S+. The number of nitrogens with zero attached hydrogens (tertiary/aromatic N) is 2. The highest BCUT2D eigenvalue weighted by Gasteiger charge is 2.31. The largest absolute Gasteiger partial charge is 0.335 e. The van der Waals surface area contributed by atoms with Gasteiger partial charge in [-0.25, -0.2) is 12.8 Å². The molecular weight excluding hydrogens is 393 g/mol. The maximum absolute atomic E-state index is 13.4. The van der Waals surface area contributed by atoms with Gasteiger partial charge in [0.05, 0.1) is 11.9 Å². The van der Waals surface area contributed by atoms with Gasteiger partial charge in [0, 0.05) is 31.7 Å². The molecule has 6 nitrogen and oxygen atoms in total. The molecule has 29 heavy (non-hydrogen) atoms. The summed E-state index contributed by atoms with van der Waals surface area (Å²) in [6, 6.07) is 13.1. The SMILES string of the molecule is Cc1ccccc1C[NH+](C)CC(=O)N1CCN(S(=O)(=O)c2cccc(F)c2)CC1. The number of aryl methyl sites for hydroxylation is 1. The van der Waals surface area contributed by atoms with Gasteiger partial charge >= 0.3 is 0 Å². The number of piperazine rings is 1. The topological polar surface area (TPSA) is 62.1 Å². The third-order valence-electron chi connectivity index (χ3n) is 5.23. The van der Waals surface area contributed by atoms with Crippen molar-refractivity contribution in [2.75, 3.05) is 39.8 Å². The standard InChI is InChI=1S/C21H26FN3O3S/c1-17-6-3-4-7-18(17)15-23(2)16-21(26)24-10-12-25(13-11-24)29(27,28)20-9-5-8-19(22)14-20/h3-9,14H,10-13,15-16H2,1-2H3/p+1. The quantitative estimate of drug-likeness (QED) is 0.748. The molecule has 1 atom stereocenters. The number of likely N-dealkylation sites (N-methyl/N-ethyl adjacent to an activating group) is 1. The Morgan fingerprint density at radius 2 is 1.76 bits per heavy atom. The zero-order chi connectivity index (χ0) is 21.0. The van der Waals surface area contributed by atoms with Crippen molar-refractivity contribution in [3.05, 3.63) is 65.5 Å². The lowest BCUT2D eigenvalue weighted by Crippen LogP contribution is -3.09. The van der Waals surface area contributed by atoms with Crippen molar-refractivity contribution in [2.24, 2.45) is 0 Å². The monoisotopic (exact) mass is 420 g/mol. The summed E-state index contributed by atoms with van der Waals surface area (Å²) in [6.45, 7) is 4.26. The normalized spacial score (nSPS) is 16.6. The van der Waals surface area contributed by atoms with Crippen LogP contribution in [0.25, 0.3) is 0 Å². The van der Waals surface area contributed by atoms with Crippen LogP contribution in [0.15, 0.2) is 53.4 Å². The number of halogens is 1. The van der Waals surface area contributed by atoms with Crippen LogP contribution in [0, 0.1) is 12.7 Å². The number of sulfonamides is 1. The molecule has 1 aliphatic heterocycles. The highest BCUT2D eigenvalue weighted by molar-refractivity contribution is 7.89. The Kier molecular flexibility index (Phi) is 6.66. The van der Waals surface area contributed by atoms with E-state index in [2.05, 4.69) is 19.1 Å². The van der Waals surface area contributed by atoms with Crippen molar-refractivity contribution in [3.8, 4) is 0 Å². The van der Waals surface area contributed by atoms with Crippen LogP contribution in [0.4, 0.5) is 4.39 Å². The second-order valence-electron chi connectivity index (χ2n) is 7.48. The Hall–Kier alpha value is -2.29. The third kappa shape index (κ3) is 5.20. The molecule has 2 aromatic carbocycles. The number of hydrogen-bond donors (Lipinski definition) is 1. The molecule has 1 aliphatic rings. The van der Waals surface area contributed by atoms with E-state index < -0.39 is 15.8 Å². The van der Waals surface area contributed by atoms with Gasteiger partial charge in [-0.15, -0.1) is 0 Å². The van der Waals surface area contributed by atoms with Gasteiger partial charge in [-0.1, -0.05) is 30.3 Å². The average Bonchev–Trinajstić information content (AvgIpc) is 2.70. The zero-order valence-corrected chi connectivity index (χ0v) is 17.6. The van der Waals surface area contributed by atoms with Gasteiger partial charge in [0.15, 0.2) is 6.54 Å². The van der Waals surface area contributed by atoms with Gasteiger partial charge in [0.1, 0.15) is 12.4 Å². The fourth-order valence-electron chi connectivity index (χ4n) is 3.52. The number of amides is 1. The minimum absolute atomic E-state index is 0.0129. The first kappa shape index (κ1) is 21.4. The van der Waals surface area contributed by atoms with E-state index >= 15 is 0 Å². The van der Waals surface area contributed by atoms with Gasteiger partial charge in [-0.3, -0.25) is 4.79 Å². The van der Waals surface area contributed by atoms with Crippen molar-refractivity contribution in [1.29, 1.82) is 0 Å². The molecule has 1 amide bonds. The van der Waals surface area contributed by atoms with Crippen LogP contribution in [0.1, 0.15) is 11.1 Å². The smallest absolute Gasteiger partial charge is 0.277 e. The lowest BCUT2D eigenvalue weighted by atomic mass is 10.1. The summed E-state index contributed by atoms with van der Waals surface area (Å²) in [7, 11) is -1.77. The van der Waals surface area contributed by atoms with E-state index in [0.717, 1.165) is 17.5 Å². The van der Waals surface area contributed by atoms with Crippen molar-refractivity contribution in [3.63, 3.8) is 0 Å². The molecule has 1 N–H and O–H groups in total. The second kappa shape index (κ2) is 9.02. The number of rotatable bonds is 6. The molecule has 0 aromatic heterocycles. The van der Waals surface area contributed by atoms with Crippen LogP contribution in [0.5, 0.6) is 0 Å². The number of nitrogens with one attached hydrogen (secondary N) is 1. The molecule has 0 spiro atoms. The first-order chi connectivity index (χ1) is 13.8. The molecule has 1 saturated heterocycles. The first-order valence-electron chi connectivity index (χ1n) is 9.66. The van der Waals surface area contributed by atoms with Gasteiger partial charge in [0.25, 0.3) is 5.91 Å². The lowest BCUT2D eigenvalue weighted by Gasteiger charge is -2.34. The molecule has 0 saturated carbocycles. The summed E-state index contributed by atoms with van der Waals surface area (Å²) in [4.78, 5) is 15.4. The highest BCUT2D eigenvalue weighted by Crippen LogP contribution is 2.18. The summed E-state index contributed by atoms with van der Waals surface area (Å²) < 4.78 is 40.1. The van der Waals surface area contributed by atoms with E-state index in [-0.39, 0.29) is 23.9 Å². The Morgan fingerprint density at radius 1 is 1.07 bits per heavy atom. The Balaban J connectivity index is 1.55. The fourth-order valence-corrected chi connectivity index (χ4v) is 4.97. The van der Waals surface area contributed by atoms with E-state index in [1.54, 1.807) is 4.90 Å². The van der Waals surface area contributed by atoms with Crippen LogP contribution in [-0.2, 0) is 21.4 Å². The Bertz CT molecular complexity index is 973. The predicted octanol–water partition coefficient (Wildman–Crippen LogP) is 0.682. The minimum Gasteiger partial charge on any atom is -0.335 e. The molecule has 1 heterocycles. The number of benzene rings is 2. The summed E-state index contributed by atoms with van der Waals surface area (Å²) in [5.41, 5.74) is 2.42. The van der Waals surface area contributed by atoms with Gasteiger partial charge in [-0.05, 0) is 30.7 Å². The van der Waals surface area contributed by atoms with Crippen molar-refractivity contribution in [1.82, 2.24) is 9.21 Å². The molecule has 0 aliphatic carbocycles. The van der Waals surface area contributed by atoms with Crippen molar-refractivity contribution in [2.45, 2.75) is 18.4 Å². The maximum atomic E-state index is 13.4. The average molecular weight is 421 g/mol. The Labute approximate surface area is 171 Å². The molecule has 8 heteroatoms. The third-order valence-corrected chi connectivity index (χ3v) is 7.13. The number of carbonyl (C=O) groups is 1. The number of quaternary nitrogens is 1. The van der Waals surface area contributed by atoms with Gasteiger partial charge in [-0.2, -0.15) is 4.31 Å². The second-order valence-corrected chi connectivity index (χ2v) is 9.42. The predicted molar refractivity (Wildman–Crippen MR) is 108 cm³/mol. The van der Waals surface area contributed by atoms with Crippen LogP contribution < -0.4 is 4.90 Å². The van der Waals surface area contributed by atoms with E-state index in [1.165, 1.54) is 33.6 Å². The van der Waals surface area contributed by atoms with E-state index in [1.807, 2.05) is 19.2 Å². The molecule has 1 fully saturated rings. The van der Waals surface area contributed by atoms with Gasteiger partial charge < -0.3 is 9.80 Å². The molecule has 0 radical (unpaired) electrons. The van der Waals surface area contributed by atoms with Gasteiger partial charge in [0.2, 0.25) is 10.0 Å². The summed E-state index contributed by atoms with van der Waals surface area (Å²) in [6.07, 6.45) is 0. The summed E-state index contributed by atoms with van der Waals surface area (Å²) in [5, 5.41) is 0. The van der Waals surface area contributed by atoms with Crippen LogP contribution in [0.2, 0.25) is 0 Å². The summed E-state index contributed by atoms with van der Waals surface area (Å²) in [5.74, 6) is -0.571. The fraction of sp³-hybridized carbons (Fsp3) is 0.381. The molecule has 3 rings (SSSR count). The highest BCUT2D eigenvalue weighted by atomic mass is 32.2. The van der Waals surface area contributed by atoms with Crippen LogP contribution >= 0.6 is 0 Å². The zero-order valence-electron chi connectivity index (χ0n) is 16.8. The van der Waals surface area contributed by atoms with E-state index in [4.69, 9.17) is 0 Å².